The van der Waals surface area contributed by atoms with E-state index >= 15 is 0 Å². The molecule has 0 radical (unpaired) electrons. The summed E-state index contributed by atoms with van der Waals surface area (Å²) in [6.45, 7) is 11.0. The Morgan fingerprint density at radius 3 is 2.48 bits per heavy atom. The molecule has 122 valence electrons. The lowest BCUT2D eigenvalue weighted by Gasteiger charge is -2.38. The first-order valence-electron chi connectivity index (χ1n) is 8.55. The molecule has 0 aromatic rings. The molecule has 3 nitrogen and oxygen atoms in total. The molecule has 0 aromatic heterocycles. The number of aliphatic carboxylic acids is 1. The molecule has 1 N–H and O–H groups in total. The van der Waals surface area contributed by atoms with Crippen molar-refractivity contribution in [3.8, 4) is 0 Å². The van der Waals surface area contributed by atoms with Gasteiger partial charge in [0.15, 0.2) is 0 Å². The third kappa shape index (κ3) is 3.80. The molecule has 2 aliphatic carbocycles. The van der Waals surface area contributed by atoms with E-state index in [2.05, 4.69) is 34.6 Å². The van der Waals surface area contributed by atoms with Crippen LogP contribution in [-0.2, 0) is 9.53 Å². The number of hydrogen-bond donors (Lipinski definition) is 1. The van der Waals surface area contributed by atoms with Gasteiger partial charge in [-0.3, -0.25) is 4.79 Å². The number of carboxylic acids is 1. The zero-order chi connectivity index (χ0) is 15.8. The highest BCUT2D eigenvalue weighted by molar-refractivity contribution is 5.79. The first-order chi connectivity index (χ1) is 9.66. The van der Waals surface area contributed by atoms with E-state index in [1.165, 1.54) is 25.7 Å². The first-order valence-corrected chi connectivity index (χ1v) is 8.55. The zero-order valence-electron chi connectivity index (χ0n) is 14.3. The van der Waals surface area contributed by atoms with Crippen LogP contribution in [0.1, 0.15) is 73.1 Å². The van der Waals surface area contributed by atoms with Crippen molar-refractivity contribution in [1.82, 2.24) is 0 Å². The van der Waals surface area contributed by atoms with Gasteiger partial charge < -0.3 is 9.84 Å². The molecule has 0 amide bonds. The van der Waals surface area contributed by atoms with Crippen LogP contribution >= 0.6 is 0 Å². The van der Waals surface area contributed by atoms with Crippen LogP contribution in [0, 0.1) is 22.7 Å². The maximum Gasteiger partial charge on any atom is 0.312 e. The van der Waals surface area contributed by atoms with Gasteiger partial charge in [-0.1, -0.05) is 34.1 Å². The number of ether oxygens (including phenoxy) is 1. The second kappa shape index (κ2) is 5.91. The molecule has 4 unspecified atom stereocenters. The van der Waals surface area contributed by atoms with Crippen molar-refractivity contribution in [2.75, 3.05) is 0 Å². The third-order valence-corrected chi connectivity index (χ3v) is 5.49. The van der Waals surface area contributed by atoms with E-state index in [-0.39, 0.29) is 12.2 Å². The highest BCUT2D eigenvalue weighted by Crippen LogP contribution is 2.54. The number of rotatable bonds is 6. The van der Waals surface area contributed by atoms with Crippen molar-refractivity contribution < 1.29 is 14.6 Å². The van der Waals surface area contributed by atoms with E-state index in [9.17, 15) is 9.90 Å². The van der Waals surface area contributed by atoms with Crippen LogP contribution in [0.5, 0.6) is 0 Å². The van der Waals surface area contributed by atoms with Gasteiger partial charge in [0.2, 0.25) is 0 Å². The van der Waals surface area contributed by atoms with Crippen LogP contribution in [0.25, 0.3) is 0 Å². The summed E-state index contributed by atoms with van der Waals surface area (Å²) >= 11 is 0. The Balaban J connectivity index is 1.92. The molecule has 0 aromatic carbocycles. The largest absolute Gasteiger partial charge is 0.481 e. The van der Waals surface area contributed by atoms with Gasteiger partial charge in [-0.25, -0.2) is 0 Å². The van der Waals surface area contributed by atoms with E-state index in [0.29, 0.717) is 23.7 Å². The van der Waals surface area contributed by atoms with Crippen molar-refractivity contribution in [1.29, 1.82) is 0 Å². The van der Waals surface area contributed by atoms with Gasteiger partial charge >= 0.3 is 5.97 Å². The minimum absolute atomic E-state index is 0.0718. The molecule has 0 heterocycles. The van der Waals surface area contributed by atoms with E-state index < -0.39 is 11.4 Å². The smallest absolute Gasteiger partial charge is 0.312 e. The molecule has 2 fully saturated rings. The fraction of sp³-hybridized carbons (Fsp3) is 0.944. The lowest BCUT2D eigenvalue weighted by atomic mass is 9.71. The second-order valence-corrected chi connectivity index (χ2v) is 8.61. The predicted molar refractivity (Wildman–Crippen MR) is 84.2 cm³/mol. The summed E-state index contributed by atoms with van der Waals surface area (Å²) in [5, 5.41) is 9.55. The normalized spacial score (nSPS) is 36.5. The van der Waals surface area contributed by atoms with E-state index in [1.807, 2.05) is 0 Å². The first kappa shape index (κ1) is 16.8. The summed E-state index contributed by atoms with van der Waals surface area (Å²) in [5.74, 6) is 0.316. The van der Waals surface area contributed by atoms with Crippen molar-refractivity contribution in [3.63, 3.8) is 0 Å². The molecule has 3 heteroatoms. The van der Waals surface area contributed by atoms with Crippen molar-refractivity contribution in [2.45, 2.75) is 85.4 Å². The quantitative estimate of drug-likeness (QED) is 0.785. The summed E-state index contributed by atoms with van der Waals surface area (Å²) in [6, 6.07) is 0. The Kier molecular flexibility index (Phi) is 4.72. The van der Waals surface area contributed by atoms with Crippen LogP contribution in [-0.4, -0.2) is 23.3 Å². The Morgan fingerprint density at radius 2 is 1.95 bits per heavy atom. The van der Waals surface area contributed by atoms with Gasteiger partial charge in [-0.05, 0) is 56.3 Å². The monoisotopic (exact) mass is 296 g/mol. The predicted octanol–water partition coefficient (Wildman–Crippen LogP) is 4.50. The molecule has 2 saturated carbocycles. The van der Waals surface area contributed by atoms with Gasteiger partial charge in [0.05, 0.1) is 17.6 Å². The topological polar surface area (TPSA) is 46.5 Å². The Bertz CT molecular complexity index is 388. The molecule has 2 rings (SSSR count). The van der Waals surface area contributed by atoms with Crippen LogP contribution in [0.4, 0.5) is 0 Å². The maximum absolute atomic E-state index is 11.6. The summed E-state index contributed by atoms with van der Waals surface area (Å²) in [4.78, 5) is 11.6. The number of carbonyl (C=O) groups is 1. The lowest BCUT2D eigenvalue weighted by molar-refractivity contribution is -0.147. The van der Waals surface area contributed by atoms with Crippen LogP contribution in [0.3, 0.4) is 0 Å². The van der Waals surface area contributed by atoms with Crippen LogP contribution in [0.15, 0.2) is 0 Å². The summed E-state index contributed by atoms with van der Waals surface area (Å²) in [7, 11) is 0. The molecule has 4 atom stereocenters. The molecule has 0 bridgehead atoms. The highest BCUT2D eigenvalue weighted by atomic mass is 16.5. The van der Waals surface area contributed by atoms with Crippen molar-refractivity contribution in [2.24, 2.45) is 22.7 Å². The van der Waals surface area contributed by atoms with E-state index in [4.69, 9.17) is 4.74 Å². The van der Waals surface area contributed by atoms with Gasteiger partial charge in [0.1, 0.15) is 0 Å². The number of carboxylic acid groups (broad SMARTS) is 1. The number of hydrogen-bond acceptors (Lipinski definition) is 2. The van der Waals surface area contributed by atoms with E-state index in [0.717, 1.165) is 6.42 Å². The molecule has 0 spiro atoms. The second-order valence-electron chi connectivity index (χ2n) is 8.61. The standard InChI is InChI=1S/C18H32O3/c1-12(2)9-18(16(19)20)11-15(18)21-13(3)14-7-6-8-17(4,5)10-14/h12-15H,6-11H2,1-5H3,(H,19,20). The Hall–Kier alpha value is -0.570. The molecular weight excluding hydrogens is 264 g/mol. The maximum atomic E-state index is 11.6. The molecular formula is C18H32O3. The minimum Gasteiger partial charge on any atom is -0.481 e. The zero-order valence-corrected chi connectivity index (χ0v) is 14.3. The Labute approximate surface area is 129 Å². The average Bonchev–Trinajstić information content (AvgIpc) is 3.01. The van der Waals surface area contributed by atoms with Gasteiger partial charge in [0.25, 0.3) is 0 Å². The Morgan fingerprint density at radius 1 is 1.29 bits per heavy atom. The average molecular weight is 296 g/mol. The SMILES string of the molecule is CC(C)CC1(C(=O)O)CC1OC(C)C1CCCC(C)(C)C1. The molecule has 2 aliphatic rings. The van der Waals surface area contributed by atoms with Gasteiger partial charge in [-0.15, -0.1) is 0 Å². The molecule has 0 aliphatic heterocycles. The van der Waals surface area contributed by atoms with Crippen LogP contribution < -0.4 is 0 Å². The molecule has 0 saturated heterocycles. The van der Waals surface area contributed by atoms with Gasteiger partial charge in [-0.2, -0.15) is 0 Å². The minimum atomic E-state index is -0.669. The van der Waals surface area contributed by atoms with E-state index in [1.54, 1.807) is 0 Å². The summed E-state index contributed by atoms with van der Waals surface area (Å²) in [6.07, 6.45) is 6.53. The van der Waals surface area contributed by atoms with Gasteiger partial charge in [0, 0.05) is 0 Å². The summed E-state index contributed by atoms with van der Waals surface area (Å²) < 4.78 is 6.19. The molecule has 21 heavy (non-hydrogen) atoms. The summed E-state index contributed by atoms with van der Waals surface area (Å²) in [5.41, 5.74) is -0.196. The van der Waals surface area contributed by atoms with Crippen molar-refractivity contribution in [3.05, 3.63) is 0 Å². The third-order valence-electron chi connectivity index (χ3n) is 5.49. The lowest BCUT2D eigenvalue weighted by Crippen LogP contribution is -2.33. The fourth-order valence-electron chi connectivity index (χ4n) is 4.23. The van der Waals surface area contributed by atoms with Crippen molar-refractivity contribution >= 4 is 5.97 Å². The highest BCUT2D eigenvalue weighted by Gasteiger charge is 2.62. The fourth-order valence-corrected chi connectivity index (χ4v) is 4.23. The van der Waals surface area contributed by atoms with Crippen LogP contribution in [0.2, 0.25) is 0 Å².